The Morgan fingerprint density at radius 2 is 2.02 bits per heavy atom. The fourth-order valence-corrected chi connectivity index (χ4v) is 8.11. The number of hydrogen-bond acceptors (Lipinski definition) is 8. The Morgan fingerprint density at radius 3 is 2.95 bits per heavy atom. The average molecular weight is 604 g/mol. The molecule has 0 radical (unpaired) electrons. The van der Waals surface area contributed by atoms with Crippen LogP contribution in [0.1, 0.15) is 62.5 Å². The minimum absolute atomic E-state index is 0.0753. The van der Waals surface area contributed by atoms with Crippen LogP contribution in [0.4, 0.5) is 14.6 Å². The Balaban J connectivity index is 1.28. The Hall–Kier alpha value is -3.44. The van der Waals surface area contributed by atoms with Gasteiger partial charge in [-0.1, -0.05) is 6.42 Å². The van der Waals surface area contributed by atoms with E-state index in [4.69, 9.17) is 24.4 Å². The van der Waals surface area contributed by atoms with E-state index in [0.717, 1.165) is 98.7 Å². The van der Waals surface area contributed by atoms with Crippen molar-refractivity contribution >= 4 is 27.6 Å². The van der Waals surface area contributed by atoms with Crippen LogP contribution in [0.3, 0.4) is 0 Å². The van der Waals surface area contributed by atoms with Gasteiger partial charge in [0.1, 0.15) is 29.8 Å². The molecule has 0 amide bonds. The number of fused-ring (bicyclic) bond motifs is 8. The molecule has 4 aromatic rings. The molecule has 3 aromatic heterocycles. The minimum Gasteiger partial charge on any atom is -0.461 e. The van der Waals surface area contributed by atoms with Gasteiger partial charge in [-0.25, -0.2) is 8.78 Å². The Labute approximate surface area is 255 Å². The molecular weight excluding hydrogens is 564 g/mol. The molecule has 9 rings (SSSR count). The van der Waals surface area contributed by atoms with Crippen LogP contribution in [0.15, 0.2) is 18.5 Å². The number of piperidine rings is 1. The number of aromatic nitrogens is 5. The summed E-state index contributed by atoms with van der Waals surface area (Å²) in [6.45, 7) is 5.80. The molecule has 44 heavy (non-hydrogen) atoms. The van der Waals surface area contributed by atoms with Gasteiger partial charge in [0.25, 0.3) is 0 Å². The topological polar surface area (TPSA) is 92.3 Å². The van der Waals surface area contributed by atoms with Crippen LogP contribution in [0.5, 0.6) is 6.01 Å². The van der Waals surface area contributed by atoms with Crippen molar-refractivity contribution in [3.8, 4) is 17.3 Å². The van der Waals surface area contributed by atoms with Gasteiger partial charge < -0.3 is 14.4 Å². The monoisotopic (exact) mass is 603 g/mol. The number of ether oxygens (including phenoxy) is 2. The number of H-pyrrole nitrogens is 1. The Kier molecular flexibility index (Phi) is 7.13. The largest absolute Gasteiger partial charge is 0.461 e. The van der Waals surface area contributed by atoms with Gasteiger partial charge in [0.15, 0.2) is 5.82 Å². The lowest BCUT2D eigenvalue weighted by atomic mass is 9.91. The standard InChI is InChI=1S/C33H39F2N7O2/c1-20-13-26-24(16-37-40-26)27-23(20)8-3-2-4-12-43-22-7-5-10-41(18-22)31-25-15-36-30(27)28(35)29(25)38-32(39-31)44-19-33-9-6-11-42(33)17-21(34)14-33/h13,15-16,21-22H,2-12,14,17-19H2,1H3,(H,37,40)/t21-,22-,33+/m1/s1. The number of nitrogens with zero attached hydrogens (tertiary/aromatic N) is 6. The average Bonchev–Trinajstić information content (AvgIpc) is 3.72. The van der Waals surface area contributed by atoms with E-state index in [9.17, 15) is 4.39 Å². The normalized spacial score (nSPS) is 26.1. The van der Waals surface area contributed by atoms with E-state index in [2.05, 4.69) is 33.0 Å². The van der Waals surface area contributed by atoms with Crippen molar-refractivity contribution in [2.75, 3.05) is 44.3 Å². The number of rotatable bonds is 3. The summed E-state index contributed by atoms with van der Waals surface area (Å²) < 4.78 is 44.1. The highest BCUT2D eigenvalue weighted by atomic mass is 19.1. The van der Waals surface area contributed by atoms with Gasteiger partial charge >= 0.3 is 6.01 Å². The van der Waals surface area contributed by atoms with E-state index >= 15 is 4.39 Å². The second kappa shape index (κ2) is 11.2. The summed E-state index contributed by atoms with van der Waals surface area (Å²) >= 11 is 0. The van der Waals surface area contributed by atoms with Gasteiger partial charge in [-0.3, -0.25) is 15.0 Å². The van der Waals surface area contributed by atoms with Crippen molar-refractivity contribution in [2.45, 2.75) is 82.5 Å². The highest BCUT2D eigenvalue weighted by Crippen LogP contribution is 2.42. The van der Waals surface area contributed by atoms with E-state index in [1.165, 1.54) is 0 Å². The second-order valence-corrected chi connectivity index (χ2v) is 13.1. The predicted octanol–water partition coefficient (Wildman–Crippen LogP) is 5.68. The highest BCUT2D eigenvalue weighted by Gasteiger charge is 2.49. The number of aromatic amines is 1. The van der Waals surface area contributed by atoms with Crippen LogP contribution in [0.25, 0.3) is 33.1 Å². The quantitative estimate of drug-likeness (QED) is 0.320. The van der Waals surface area contributed by atoms with Gasteiger partial charge in [0.05, 0.1) is 28.7 Å². The third-order valence-electron chi connectivity index (χ3n) is 10.3. The summed E-state index contributed by atoms with van der Waals surface area (Å²) in [6.07, 6.45) is 10.7. The summed E-state index contributed by atoms with van der Waals surface area (Å²) in [7, 11) is 0. The summed E-state index contributed by atoms with van der Waals surface area (Å²) in [4.78, 5) is 18.7. The number of aryl methyl sites for hydroxylation is 1. The zero-order chi connectivity index (χ0) is 29.8. The van der Waals surface area contributed by atoms with Gasteiger partial charge in [-0.2, -0.15) is 15.1 Å². The molecule has 0 spiro atoms. The van der Waals surface area contributed by atoms with Crippen molar-refractivity contribution in [2.24, 2.45) is 0 Å². The molecule has 5 aliphatic rings. The molecule has 3 atom stereocenters. The van der Waals surface area contributed by atoms with Crippen LogP contribution in [0.2, 0.25) is 0 Å². The van der Waals surface area contributed by atoms with E-state index in [-0.39, 0.29) is 35.5 Å². The first-order valence-corrected chi connectivity index (χ1v) is 16.2. The van der Waals surface area contributed by atoms with Gasteiger partial charge in [0, 0.05) is 49.8 Å². The number of benzene rings is 1. The lowest BCUT2D eigenvalue weighted by molar-refractivity contribution is 0.0411. The Morgan fingerprint density at radius 1 is 1.09 bits per heavy atom. The molecule has 0 aliphatic carbocycles. The maximum absolute atomic E-state index is 17.0. The summed E-state index contributed by atoms with van der Waals surface area (Å²) in [5.74, 6) is 0.115. The van der Waals surface area contributed by atoms with Crippen LogP contribution < -0.4 is 9.64 Å². The molecule has 9 nitrogen and oxygen atoms in total. The first-order chi connectivity index (χ1) is 21.5. The van der Waals surface area contributed by atoms with Crippen LogP contribution in [-0.2, 0) is 11.2 Å². The molecule has 5 aliphatic heterocycles. The summed E-state index contributed by atoms with van der Waals surface area (Å²) in [5.41, 5.74) is 3.85. The van der Waals surface area contributed by atoms with Crippen molar-refractivity contribution < 1.29 is 18.3 Å². The number of anilines is 1. The van der Waals surface area contributed by atoms with Gasteiger partial charge in [-0.15, -0.1) is 0 Å². The summed E-state index contributed by atoms with van der Waals surface area (Å²) in [6, 6.07) is 2.20. The SMILES string of the molecule is Cc1cc2[nH]ncc2c2c1CCCCCO[C@@H]1CCCN(C1)c1nc(OC[C@@]34CCCN3C[C@H](F)C4)nc3c(F)c-2ncc13. The fraction of sp³-hybridized carbons (Fsp3) is 0.576. The first kappa shape index (κ1) is 28.1. The molecular formula is C33H39F2N7O2. The molecule has 232 valence electrons. The van der Waals surface area contributed by atoms with Crippen LogP contribution in [0, 0.1) is 12.7 Å². The molecule has 8 heterocycles. The van der Waals surface area contributed by atoms with Gasteiger partial charge in [0.2, 0.25) is 0 Å². The highest BCUT2D eigenvalue weighted by molar-refractivity contribution is 5.99. The third-order valence-corrected chi connectivity index (χ3v) is 10.3. The zero-order valence-electron chi connectivity index (χ0n) is 25.2. The van der Waals surface area contributed by atoms with Crippen molar-refractivity contribution in [1.29, 1.82) is 0 Å². The minimum atomic E-state index is -0.863. The molecule has 1 N–H and O–H groups in total. The van der Waals surface area contributed by atoms with Crippen LogP contribution >= 0.6 is 0 Å². The Bertz CT molecular complexity index is 1710. The lowest BCUT2D eigenvalue weighted by Gasteiger charge is -2.34. The van der Waals surface area contributed by atoms with E-state index < -0.39 is 12.0 Å². The molecule has 0 saturated carbocycles. The first-order valence-electron chi connectivity index (χ1n) is 16.2. The molecule has 11 heteroatoms. The number of halogens is 2. The maximum atomic E-state index is 17.0. The van der Waals surface area contributed by atoms with Crippen molar-refractivity contribution in [3.05, 3.63) is 35.4 Å². The number of hydrogen-bond donors (Lipinski definition) is 1. The van der Waals surface area contributed by atoms with E-state index in [1.807, 2.05) is 0 Å². The maximum Gasteiger partial charge on any atom is 0.319 e. The molecule has 3 fully saturated rings. The van der Waals surface area contributed by atoms with Crippen molar-refractivity contribution in [3.63, 3.8) is 0 Å². The molecule has 3 saturated heterocycles. The molecule has 0 unspecified atom stereocenters. The zero-order valence-corrected chi connectivity index (χ0v) is 25.2. The summed E-state index contributed by atoms with van der Waals surface area (Å²) in [5, 5.41) is 8.74. The fourth-order valence-electron chi connectivity index (χ4n) is 8.11. The third kappa shape index (κ3) is 4.79. The van der Waals surface area contributed by atoms with E-state index in [1.54, 1.807) is 12.4 Å². The lowest BCUT2D eigenvalue weighted by Crippen LogP contribution is -2.43. The smallest absolute Gasteiger partial charge is 0.319 e. The second-order valence-electron chi connectivity index (χ2n) is 13.1. The number of nitrogens with one attached hydrogen (secondary N) is 1. The van der Waals surface area contributed by atoms with Crippen LogP contribution in [-0.4, -0.2) is 87.3 Å². The molecule has 6 bridgehead atoms. The van der Waals surface area contributed by atoms with Crippen molar-refractivity contribution in [1.82, 2.24) is 30.0 Å². The van der Waals surface area contributed by atoms with Gasteiger partial charge in [-0.05, 0) is 75.6 Å². The van der Waals surface area contributed by atoms with E-state index in [0.29, 0.717) is 30.7 Å². The number of alkyl halides is 1. The molecule has 1 aromatic carbocycles. The number of pyridine rings is 1. The predicted molar refractivity (Wildman–Crippen MR) is 164 cm³/mol.